The number of anilines is 1. The smallest absolute Gasteiger partial charge is 0.249 e. The number of piperidine rings is 1. The van der Waals surface area contributed by atoms with E-state index in [1.165, 1.54) is 0 Å². The zero-order valence-electron chi connectivity index (χ0n) is 9.78. The van der Waals surface area contributed by atoms with Gasteiger partial charge in [-0.2, -0.15) is 0 Å². The molecule has 1 aliphatic rings. The van der Waals surface area contributed by atoms with E-state index in [9.17, 15) is 9.59 Å². The summed E-state index contributed by atoms with van der Waals surface area (Å²) in [6.07, 6.45) is 2.51. The Morgan fingerprint density at radius 3 is 2.88 bits per heavy atom. The maximum atomic E-state index is 11.6. The molecule has 0 aromatic carbocycles. The molecule has 90 valence electrons. The van der Waals surface area contributed by atoms with E-state index >= 15 is 0 Å². The number of aromatic nitrogens is 2. The highest BCUT2D eigenvalue weighted by molar-refractivity contribution is 6.01. The molecular formula is C11H14N4O2. The van der Waals surface area contributed by atoms with E-state index in [2.05, 4.69) is 20.6 Å². The molecule has 17 heavy (non-hydrogen) atoms. The van der Waals surface area contributed by atoms with Crippen molar-refractivity contribution in [2.75, 3.05) is 5.32 Å². The lowest BCUT2D eigenvalue weighted by atomic mass is 10.1. The molecule has 1 aromatic rings. The third-order valence-corrected chi connectivity index (χ3v) is 2.63. The molecule has 1 aromatic heterocycles. The van der Waals surface area contributed by atoms with Gasteiger partial charge in [0.2, 0.25) is 11.8 Å². The van der Waals surface area contributed by atoms with Gasteiger partial charge in [-0.1, -0.05) is 0 Å². The zero-order valence-corrected chi connectivity index (χ0v) is 9.78. The van der Waals surface area contributed by atoms with Crippen LogP contribution in [0, 0.1) is 13.8 Å². The maximum absolute atomic E-state index is 11.6. The first kappa shape index (κ1) is 11.5. The van der Waals surface area contributed by atoms with Crippen molar-refractivity contribution < 1.29 is 9.59 Å². The number of nitrogens with one attached hydrogen (secondary N) is 2. The Balaban J connectivity index is 2.13. The summed E-state index contributed by atoms with van der Waals surface area (Å²) >= 11 is 0. The van der Waals surface area contributed by atoms with Crippen LogP contribution in [-0.4, -0.2) is 27.8 Å². The first-order valence-electron chi connectivity index (χ1n) is 5.47. The summed E-state index contributed by atoms with van der Waals surface area (Å²) in [4.78, 5) is 31.0. The number of nitrogens with zero attached hydrogens (tertiary/aromatic N) is 2. The number of amides is 2. The van der Waals surface area contributed by atoms with Crippen molar-refractivity contribution in [3.63, 3.8) is 0 Å². The standard InChI is InChI=1S/C11H14N4O2/c1-6-5-12-7(2)10(13-6)14-8-3-4-9(16)15-11(8)17/h5,8H,3-4H2,1-2H3,(H,13,14)(H,15,16,17). The molecule has 1 fully saturated rings. The van der Waals surface area contributed by atoms with Gasteiger partial charge in [-0.3, -0.25) is 19.9 Å². The van der Waals surface area contributed by atoms with Gasteiger partial charge in [-0.25, -0.2) is 4.98 Å². The molecule has 6 heteroatoms. The second-order valence-corrected chi connectivity index (χ2v) is 4.09. The number of imide groups is 1. The van der Waals surface area contributed by atoms with Gasteiger partial charge in [0.25, 0.3) is 0 Å². The van der Waals surface area contributed by atoms with Crippen molar-refractivity contribution in [3.8, 4) is 0 Å². The van der Waals surface area contributed by atoms with Crippen LogP contribution in [0.25, 0.3) is 0 Å². The summed E-state index contributed by atoms with van der Waals surface area (Å²) in [6, 6.07) is -0.414. The van der Waals surface area contributed by atoms with Gasteiger partial charge in [0.15, 0.2) is 0 Å². The van der Waals surface area contributed by atoms with Crippen molar-refractivity contribution in [2.24, 2.45) is 0 Å². The van der Waals surface area contributed by atoms with E-state index in [-0.39, 0.29) is 11.8 Å². The second kappa shape index (κ2) is 4.48. The van der Waals surface area contributed by atoms with Crippen molar-refractivity contribution in [2.45, 2.75) is 32.7 Å². The molecule has 2 heterocycles. The van der Waals surface area contributed by atoms with Crippen LogP contribution >= 0.6 is 0 Å². The average Bonchev–Trinajstić information content (AvgIpc) is 2.27. The Kier molecular flexibility index (Phi) is 3.03. The molecule has 0 bridgehead atoms. The van der Waals surface area contributed by atoms with Crippen LogP contribution in [0.15, 0.2) is 6.20 Å². The van der Waals surface area contributed by atoms with Gasteiger partial charge in [0, 0.05) is 12.6 Å². The Morgan fingerprint density at radius 1 is 1.41 bits per heavy atom. The normalized spacial score (nSPS) is 20.0. The van der Waals surface area contributed by atoms with Gasteiger partial charge in [0.05, 0.1) is 11.4 Å². The molecule has 2 N–H and O–H groups in total. The highest BCUT2D eigenvalue weighted by atomic mass is 16.2. The van der Waals surface area contributed by atoms with Gasteiger partial charge in [0.1, 0.15) is 11.9 Å². The Hall–Kier alpha value is -1.98. The summed E-state index contributed by atoms with van der Waals surface area (Å²) in [5, 5.41) is 5.32. The predicted molar refractivity (Wildman–Crippen MR) is 61.3 cm³/mol. The summed E-state index contributed by atoms with van der Waals surface area (Å²) < 4.78 is 0. The van der Waals surface area contributed by atoms with E-state index in [1.807, 2.05) is 13.8 Å². The van der Waals surface area contributed by atoms with Crippen LogP contribution in [-0.2, 0) is 9.59 Å². The molecule has 0 radical (unpaired) electrons. The van der Waals surface area contributed by atoms with Crippen LogP contribution in [0.1, 0.15) is 24.2 Å². The third-order valence-electron chi connectivity index (χ3n) is 2.63. The van der Waals surface area contributed by atoms with Crippen molar-refractivity contribution in [3.05, 3.63) is 17.6 Å². The first-order valence-corrected chi connectivity index (χ1v) is 5.47. The predicted octanol–water partition coefficient (Wildman–Crippen LogP) is 0.311. The summed E-state index contributed by atoms with van der Waals surface area (Å²) in [5.41, 5.74) is 1.52. The van der Waals surface area contributed by atoms with Gasteiger partial charge < -0.3 is 5.32 Å². The van der Waals surface area contributed by atoms with E-state index in [4.69, 9.17) is 0 Å². The highest BCUT2D eigenvalue weighted by Gasteiger charge is 2.27. The van der Waals surface area contributed by atoms with Gasteiger partial charge in [-0.15, -0.1) is 0 Å². The fraction of sp³-hybridized carbons (Fsp3) is 0.455. The minimum Gasteiger partial charge on any atom is -0.357 e. The molecular weight excluding hydrogens is 220 g/mol. The lowest BCUT2D eigenvalue weighted by Crippen LogP contribution is -2.47. The Morgan fingerprint density at radius 2 is 2.18 bits per heavy atom. The molecule has 1 aliphatic heterocycles. The van der Waals surface area contributed by atoms with Gasteiger partial charge in [-0.05, 0) is 20.3 Å². The number of rotatable bonds is 2. The van der Waals surface area contributed by atoms with Crippen molar-refractivity contribution in [1.29, 1.82) is 0 Å². The summed E-state index contributed by atoms with van der Waals surface area (Å²) in [7, 11) is 0. The monoisotopic (exact) mass is 234 g/mol. The van der Waals surface area contributed by atoms with E-state index < -0.39 is 6.04 Å². The van der Waals surface area contributed by atoms with Gasteiger partial charge >= 0.3 is 0 Å². The molecule has 0 saturated carbocycles. The number of hydrogen-bond acceptors (Lipinski definition) is 5. The SMILES string of the molecule is Cc1cnc(C)c(NC2CCC(=O)NC2=O)n1. The van der Waals surface area contributed by atoms with Crippen LogP contribution in [0.4, 0.5) is 5.82 Å². The Bertz CT molecular complexity index is 473. The molecule has 0 aliphatic carbocycles. The number of carbonyl (C=O) groups excluding carboxylic acids is 2. The first-order chi connectivity index (χ1) is 8.06. The molecule has 1 atom stereocenters. The zero-order chi connectivity index (χ0) is 12.4. The number of hydrogen-bond donors (Lipinski definition) is 2. The largest absolute Gasteiger partial charge is 0.357 e. The number of carbonyl (C=O) groups is 2. The van der Waals surface area contributed by atoms with E-state index in [1.54, 1.807) is 6.20 Å². The summed E-state index contributed by atoms with van der Waals surface area (Å²) in [6.45, 7) is 3.66. The lowest BCUT2D eigenvalue weighted by molar-refractivity contribution is -0.133. The molecule has 1 unspecified atom stereocenters. The molecule has 2 rings (SSSR count). The molecule has 6 nitrogen and oxygen atoms in total. The fourth-order valence-electron chi connectivity index (χ4n) is 1.67. The van der Waals surface area contributed by atoms with Crippen LogP contribution in [0.3, 0.4) is 0 Å². The van der Waals surface area contributed by atoms with Crippen LogP contribution < -0.4 is 10.6 Å². The molecule has 1 saturated heterocycles. The van der Waals surface area contributed by atoms with Crippen LogP contribution in [0.5, 0.6) is 0 Å². The van der Waals surface area contributed by atoms with Crippen molar-refractivity contribution in [1.82, 2.24) is 15.3 Å². The summed E-state index contributed by atoms with van der Waals surface area (Å²) in [5.74, 6) is 0.0727. The van der Waals surface area contributed by atoms with Crippen LogP contribution in [0.2, 0.25) is 0 Å². The Labute approximate surface area is 98.8 Å². The minimum absolute atomic E-state index is 0.222. The fourth-order valence-corrected chi connectivity index (χ4v) is 1.67. The highest BCUT2D eigenvalue weighted by Crippen LogP contribution is 2.14. The number of aryl methyl sites for hydroxylation is 2. The van der Waals surface area contributed by atoms with E-state index in [0.717, 1.165) is 11.4 Å². The van der Waals surface area contributed by atoms with Crippen molar-refractivity contribution >= 4 is 17.6 Å². The lowest BCUT2D eigenvalue weighted by Gasteiger charge is -2.22. The minimum atomic E-state index is -0.414. The molecule has 2 amide bonds. The second-order valence-electron chi connectivity index (χ2n) is 4.09. The third kappa shape index (κ3) is 2.58. The van der Waals surface area contributed by atoms with E-state index in [0.29, 0.717) is 18.7 Å². The molecule has 0 spiro atoms. The quantitative estimate of drug-likeness (QED) is 0.719. The maximum Gasteiger partial charge on any atom is 0.249 e. The topological polar surface area (TPSA) is 84.0 Å². The average molecular weight is 234 g/mol.